The lowest BCUT2D eigenvalue weighted by molar-refractivity contribution is -0.137. The van der Waals surface area contributed by atoms with Crippen LogP contribution in [0.25, 0.3) is 44.8 Å². The molecular weight excluding hydrogens is 847 g/mol. The van der Waals surface area contributed by atoms with Gasteiger partial charge in [-0.15, -0.1) is 0 Å². The van der Waals surface area contributed by atoms with Gasteiger partial charge >= 0.3 is 12.2 Å². The molecule has 15 heteroatoms. The Kier molecular flexibility index (Phi) is 10.7. The minimum absolute atomic E-state index is 0.0631. The summed E-state index contributed by atoms with van der Waals surface area (Å²) >= 11 is 0. The lowest BCUT2D eigenvalue weighted by atomic mass is 9.81. The summed E-state index contributed by atoms with van der Waals surface area (Å²) in [5.74, 6) is 2.53. The van der Waals surface area contributed by atoms with E-state index in [1.807, 2.05) is 49.9 Å². The SMILES string of the molecule is COC(=O)N[C@H](C(=O)N1C2CC2C[C@H]1c1ncc(-c2ccc(-c3ccc(-c4ccc(-c5cnc([C@@H]6NC7CC7N6C(=O)[C@@H](NC(=O)OC)C(C)C)[nH]5)cc4)c4c3C3CCC4C3)cc2)[nH]1)C(C)C. The second-order valence-corrected chi connectivity index (χ2v) is 20.2. The van der Waals surface area contributed by atoms with E-state index >= 15 is 0 Å². The van der Waals surface area contributed by atoms with Crippen molar-refractivity contribution in [2.45, 2.75) is 120 Å². The highest BCUT2D eigenvalue weighted by atomic mass is 16.5. The molecular formula is C52H59N9O6. The number of imidazole rings is 2. The van der Waals surface area contributed by atoms with E-state index in [0.29, 0.717) is 23.6 Å². The quantitative estimate of drug-likeness (QED) is 0.0824. The zero-order valence-corrected chi connectivity index (χ0v) is 38.8. The van der Waals surface area contributed by atoms with Gasteiger partial charge in [-0.2, -0.15) is 0 Å². The molecule has 4 aliphatic carbocycles. The first kappa shape index (κ1) is 43.1. The van der Waals surface area contributed by atoms with Gasteiger partial charge in [-0.05, 0) is 113 Å². The smallest absolute Gasteiger partial charge is 0.407 e. The molecule has 2 saturated heterocycles. The van der Waals surface area contributed by atoms with E-state index in [-0.39, 0.29) is 47.8 Å². The Morgan fingerprint density at radius 2 is 1.10 bits per heavy atom. The van der Waals surface area contributed by atoms with Crippen LogP contribution in [0.1, 0.15) is 113 Å². The van der Waals surface area contributed by atoms with Crippen LogP contribution < -0.4 is 16.0 Å². The number of hydrogen-bond donors (Lipinski definition) is 5. The third-order valence-electron chi connectivity index (χ3n) is 15.5. The molecule has 11 rings (SSSR count). The van der Waals surface area contributed by atoms with E-state index in [1.165, 1.54) is 66.9 Å². The summed E-state index contributed by atoms with van der Waals surface area (Å²) in [5, 5.41) is 9.06. The number of piperidine rings is 1. The number of nitrogens with zero attached hydrogens (tertiary/aromatic N) is 4. The van der Waals surface area contributed by atoms with Gasteiger partial charge in [-0.1, -0.05) is 88.4 Å². The summed E-state index contributed by atoms with van der Waals surface area (Å²) < 4.78 is 9.65. The van der Waals surface area contributed by atoms with Gasteiger partial charge in [-0.25, -0.2) is 19.6 Å². The number of rotatable bonds is 12. The number of aromatic nitrogens is 4. The van der Waals surface area contributed by atoms with Crippen LogP contribution in [0.4, 0.5) is 9.59 Å². The zero-order chi connectivity index (χ0) is 46.4. The highest BCUT2D eigenvalue weighted by Crippen LogP contribution is 2.58. The second-order valence-electron chi connectivity index (χ2n) is 20.2. The van der Waals surface area contributed by atoms with E-state index in [1.54, 1.807) is 0 Å². The molecule has 0 spiro atoms. The fourth-order valence-electron chi connectivity index (χ4n) is 11.8. The average Bonchev–Trinajstić information content (AvgIpc) is 3.80. The summed E-state index contributed by atoms with van der Waals surface area (Å²) in [7, 11) is 2.61. The Hall–Kier alpha value is -6.48. The maximum atomic E-state index is 13.9. The minimum Gasteiger partial charge on any atom is -0.453 e. The maximum absolute atomic E-state index is 13.9. The molecule has 5 N–H and O–H groups in total. The van der Waals surface area contributed by atoms with E-state index in [2.05, 4.69) is 86.6 Å². The molecule has 6 unspecified atom stereocenters. The normalized spacial score (nSPS) is 26.0. The van der Waals surface area contributed by atoms with Crippen molar-refractivity contribution in [3.63, 3.8) is 0 Å². The minimum atomic E-state index is -0.712. The Balaban J connectivity index is 0.804. The molecule has 2 aliphatic heterocycles. The van der Waals surface area contributed by atoms with Gasteiger partial charge in [0.25, 0.3) is 0 Å². The monoisotopic (exact) mass is 905 g/mol. The average molecular weight is 906 g/mol. The first-order chi connectivity index (χ1) is 32.4. The maximum Gasteiger partial charge on any atom is 0.407 e. The number of benzene rings is 3. The Bertz CT molecular complexity index is 2560. The van der Waals surface area contributed by atoms with Crippen LogP contribution in [0.5, 0.6) is 0 Å². The number of aromatic amines is 2. The van der Waals surface area contributed by atoms with Crippen LogP contribution >= 0.6 is 0 Å². The molecule has 5 aromatic rings. The molecule has 348 valence electrons. The number of hydrogen-bond acceptors (Lipinski definition) is 9. The van der Waals surface area contributed by atoms with Gasteiger partial charge in [-0.3, -0.25) is 14.9 Å². The molecule has 6 aliphatic rings. The van der Waals surface area contributed by atoms with Gasteiger partial charge in [0.1, 0.15) is 29.9 Å². The molecule has 2 aromatic heterocycles. The molecule has 3 aromatic carbocycles. The summed E-state index contributed by atoms with van der Waals surface area (Å²) in [6, 6.07) is 21.0. The molecule has 4 amide bonds. The van der Waals surface area contributed by atoms with Crippen molar-refractivity contribution >= 4 is 24.0 Å². The van der Waals surface area contributed by atoms with Crippen molar-refractivity contribution in [1.29, 1.82) is 0 Å². The number of ether oxygens (including phenoxy) is 2. The van der Waals surface area contributed by atoms with E-state index in [9.17, 15) is 19.2 Å². The molecule has 5 fully saturated rings. The van der Waals surface area contributed by atoms with Crippen LogP contribution in [0.2, 0.25) is 0 Å². The first-order valence-corrected chi connectivity index (χ1v) is 24.0. The number of H-pyrrole nitrogens is 2. The highest BCUT2D eigenvalue weighted by Gasteiger charge is 2.57. The standard InChI is InChI=1S/C52H59N9O6/c1-25(2)44(58-51(64)66-5)49(62)60-39-20-33(39)21-41(60)46-53-23-37(55-46)29-11-7-27(8-12-29)34-17-18-35(43-32-16-15-31(19-32)42(34)43)28-9-13-30(14-10-28)38-24-54-47(56-38)48-57-36-22-40(36)61(48)50(63)45(26(3)4)59-52(65)67-6/h7-14,17-18,23-26,31-33,36,39-41,44-45,48,57H,15-16,19-22H2,1-6H3,(H,53,55)(H,54,56)(H,58,64)(H,59,65)/t31?,32?,33?,36?,39?,40?,41-,44-,45-,48+/m0/s1. The van der Waals surface area contributed by atoms with Crippen molar-refractivity contribution in [2.75, 3.05) is 14.2 Å². The number of alkyl carbamates (subject to hydrolysis) is 2. The van der Waals surface area contributed by atoms with Crippen LogP contribution in [0.15, 0.2) is 73.1 Å². The van der Waals surface area contributed by atoms with Crippen molar-refractivity contribution in [3.8, 4) is 44.8 Å². The Morgan fingerprint density at radius 3 is 1.63 bits per heavy atom. The van der Waals surface area contributed by atoms with Crippen LogP contribution in [-0.4, -0.2) is 98.2 Å². The number of methoxy groups -OCH3 is 2. The third kappa shape index (κ3) is 7.55. The van der Waals surface area contributed by atoms with Gasteiger partial charge < -0.3 is 39.9 Å². The number of fused-ring (bicyclic) bond motifs is 7. The molecule has 15 nitrogen and oxygen atoms in total. The molecule has 10 atom stereocenters. The zero-order valence-electron chi connectivity index (χ0n) is 38.8. The number of nitrogens with one attached hydrogen (secondary N) is 5. The van der Waals surface area contributed by atoms with Gasteiger partial charge in [0, 0.05) is 12.1 Å². The van der Waals surface area contributed by atoms with Crippen molar-refractivity contribution in [3.05, 3.63) is 95.8 Å². The van der Waals surface area contributed by atoms with Gasteiger partial charge in [0.2, 0.25) is 11.8 Å². The van der Waals surface area contributed by atoms with Gasteiger partial charge in [0.05, 0.1) is 50.1 Å². The second kappa shape index (κ2) is 16.7. The van der Waals surface area contributed by atoms with Crippen LogP contribution in [0, 0.1) is 17.8 Å². The lowest BCUT2D eigenvalue weighted by Gasteiger charge is -2.31. The molecule has 0 radical (unpaired) electrons. The number of carbonyl (C=O) groups excluding carboxylic acids is 4. The summed E-state index contributed by atoms with van der Waals surface area (Å²) in [4.78, 5) is 72.5. The topological polar surface area (TPSA) is 187 Å². The first-order valence-electron chi connectivity index (χ1n) is 24.0. The lowest BCUT2D eigenvalue weighted by Crippen LogP contribution is -2.52. The van der Waals surface area contributed by atoms with E-state index in [4.69, 9.17) is 19.4 Å². The Labute approximate surface area is 390 Å². The van der Waals surface area contributed by atoms with E-state index in [0.717, 1.165) is 47.6 Å². The molecule has 3 saturated carbocycles. The molecule has 67 heavy (non-hydrogen) atoms. The molecule has 4 heterocycles. The highest BCUT2D eigenvalue weighted by molar-refractivity contribution is 5.88. The van der Waals surface area contributed by atoms with Gasteiger partial charge in [0.15, 0.2) is 0 Å². The summed E-state index contributed by atoms with van der Waals surface area (Å²) in [6.07, 6.45) is 8.38. The fraction of sp³-hybridized carbons (Fsp3) is 0.462. The number of amides is 4. The molecule has 2 bridgehead atoms. The number of likely N-dealkylation sites (tertiary alicyclic amines) is 1. The predicted octanol–water partition coefficient (Wildman–Crippen LogP) is 8.16. The van der Waals surface area contributed by atoms with Crippen molar-refractivity contribution in [2.24, 2.45) is 17.8 Å². The van der Waals surface area contributed by atoms with Crippen molar-refractivity contribution in [1.82, 2.24) is 45.7 Å². The number of carbonyl (C=O) groups is 4. The van der Waals surface area contributed by atoms with Crippen LogP contribution in [0.3, 0.4) is 0 Å². The van der Waals surface area contributed by atoms with Crippen molar-refractivity contribution < 1.29 is 28.7 Å². The predicted molar refractivity (Wildman–Crippen MR) is 251 cm³/mol. The fourth-order valence-corrected chi connectivity index (χ4v) is 11.8. The summed E-state index contributed by atoms with van der Waals surface area (Å²) in [5.41, 5.74) is 11.8. The van der Waals surface area contributed by atoms with Crippen LogP contribution in [-0.2, 0) is 19.1 Å². The summed E-state index contributed by atoms with van der Waals surface area (Å²) in [6.45, 7) is 7.70. The third-order valence-corrected chi connectivity index (χ3v) is 15.5. The largest absolute Gasteiger partial charge is 0.453 e. The Morgan fingerprint density at radius 1 is 0.612 bits per heavy atom. The van der Waals surface area contributed by atoms with E-state index < -0.39 is 30.4 Å².